The average Bonchev–Trinajstić information content (AvgIpc) is 2.94. The van der Waals surface area contributed by atoms with Crippen LogP contribution in [-0.4, -0.2) is 75.6 Å². The molecule has 0 radical (unpaired) electrons. The summed E-state index contributed by atoms with van der Waals surface area (Å²) in [5, 5.41) is 9.87. The number of aliphatic hydroxyl groups excluding tert-OH is 1. The SMILES string of the molecule is C[C@H](CO)N1C[C@H](C)[C@@H](CN(C)C(=O)c2ccncc2)Oc2ncc(C#CC3CCCCC3)cc2C1=O. The highest BCUT2D eigenvalue weighted by Gasteiger charge is 2.34. The van der Waals surface area contributed by atoms with Crippen LogP contribution in [0.2, 0.25) is 0 Å². The molecule has 0 aromatic carbocycles. The lowest BCUT2D eigenvalue weighted by Crippen LogP contribution is -2.50. The van der Waals surface area contributed by atoms with Crippen molar-refractivity contribution in [3.05, 3.63) is 53.5 Å². The van der Waals surface area contributed by atoms with Crippen LogP contribution in [0.3, 0.4) is 0 Å². The highest BCUT2D eigenvalue weighted by Crippen LogP contribution is 2.28. The number of carbonyl (C=O) groups excluding carboxylic acids is 2. The summed E-state index contributed by atoms with van der Waals surface area (Å²) in [6, 6.07) is 4.72. The molecule has 1 N–H and O–H groups in total. The predicted octanol–water partition coefficient (Wildman–Crippen LogP) is 3.40. The van der Waals surface area contributed by atoms with E-state index in [4.69, 9.17) is 4.74 Å². The number of ether oxygens (including phenoxy) is 1. The molecule has 0 unspecified atom stereocenters. The van der Waals surface area contributed by atoms with Crippen molar-refractivity contribution in [1.82, 2.24) is 19.8 Å². The molecule has 37 heavy (non-hydrogen) atoms. The Kier molecular flexibility index (Phi) is 8.78. The van der Waals surface area contributed by atoms with Gasteiger partial charge in [-0.15, -0.1) is 0 Å². The van der Waals surface area contributed by atoms with E-state index in [1.54, 1.807) is 53.6 Å². The number of fused-ring (bicyclic) bond motifs is 1. The first-order chi connectivity index (χ1) is 17.9. The molecule has 0 saturated heterocycles. The molecule has 1 aliphatic heterocycles. The highest BCUT2D eigenvalue weighted by molar-refractivity contribution is 5.97. The van der Waals surface area contributed by atoms with Crippen molar-refractivity contribution in [2.45, 2.75) is 58.1 Å². The zero-order valence-corrected chi connectivity index (χ0v) is 21.9. The number of aliphatic hydroxyl groups is 1. The van der Waals surface area contributed by atoms with Gasteiger partial charge < -0.3 is 19.6 Å². The standard InChI is InChI=1S/C29H36N4O4/c1-20-17-33(21(2)19-34)29(36)25-15-23(10-9-22-7-5-4-6-8-22)16-31-27(25)37-26(20)18-32(3)28(35)24-11-13-30-14-12-24/h11-16,20-22,26,34H,4-8,17-19H2,1-3H3/t20-,21+,26+/m0/s1. The molecule has 2 amide bonds. The van der Waals surface area contributed by atoms with Gasteiger partial charge in [0.15, 0.2) is 0 Å². The Balaban J connectivity index is 1.62. The Morgan fingerprint density at radius 1 is 1.27 bits per heavy atom. The molecular formula is C29H36N4O4. The van der Waals surface area contributed by atoms with Crippen molar-refractivity contribution in [1.29, 1.82) is 0 Å². The molecule has 8 heteroatoms. The summed E-state index contributed by atoms with van der Waals surface area (Å²) in [5.41, 5.74) is 1.55. The minimum Gasteiger partial charge on any atom is -0.472 e. The van der Waals surface area contributed by atoms with Crippen LogP contribution in [0.15, 0.2) is 36.8 Å². The number of aromatic nitrogens is 2. The Labute approximate surface area is 219 Å². The normalized spacial score (nSPS) is 21.0. The first-order valence-electron chi connectivity index (χ1n) is 13.1. The van der Waals surface area contributed by atoms with Crippen molar-refractivity contribution < 1.29 is 19.4 Å². The van der Waals surface area contributed by atoms with E-state index >= 15 is 0 Å². The maximum absolute atomic E-state index is 13.6. The van der Waals surface area contributed by atoms with Crippen LogP contribution in [0.1, 0.15) is 72.2 Å². The van der Waals surface area contributed by atoms with Crippen molar-refractivity contribution >= 4 is 11.8 Å². The third kappa shape index (κ3) is 6.47. The Hall–Kier alpha value is -3.44. The number of hydrogen-bond acceptors (Lipinski definition) is 6. The monoisotopic (exact) mass is 504 g/mol. The van der Waals surface area contributed by atoms with Crippen LogP contribution >= 0.6 is 0 Å². The quantitative estimate of drug-likeness (QED) is 0.627. The van der Waals surface area contributed by atoms with E-state index in [1.165, 1.54) is 19.3 Å². The van der Waals surface area contributed by atoms with Crippen molar-refractivity contribution in [2.24, 2.45) is 11.8 Å². The summed E-state index contributed by atoms with van der Waals surface area (Å²) in [7, 11) is 1.73. The zero-order chi connectivity index (χ0) is 26.4. The molecule has 196 valence electrons. The van der Waals surface area contributed by atoms with Gasteiger partial charge in [-0.05, 0) is 38.0 Å². The molecular weight excluding hydrogens is 468 g/mol. The first kappa shape index (κ1) is 26.6. The molecule has 4 rings (SSSR count). The molecule has 1 fully saturated rings. The molecule has 3 heterocycles. The van der Waals surface area contributed by atoms with Crippen LogP contribution in [-0.2, 0) is 0 Å². The largest absolute Gasteiger partial charge is 0.472 e. The van der Waals surface area contributed by atoms with Crippen LogP contribution < -0.4 is 4.74 Å². The first-order valence-corrected chi connectivity index (χ1v) is 13.1. The molecule has 3 atom stereocenters. The van der Waals surface area contributed by atoms with Crippen molar-refractivity contribution in [3.8, 4) is 17.7 Å². The Morgan fingerprint density at radius 2 is 2.00 bits per heavy atom. The number of hydrogen-bond donors (Lipinski definition) is 1. The molecule has 2 aromatic rings. The molecule has 0 spiro atoms. The summed E-state index contributed by atoms with van der Waals surface area (Å²) in [6.07, 6.45) is 10.3. The third-order valence-electron chi connectivity index (χ3n) is 7.27. The number of pyridine rings is 2. The summed E-state index contributed by atoms with van der Waals surface area (Å²) < 4.78 is 6.31. The summed E-state index contributed by atoms with van der Waals surface area (Å²) >= 11 is 0. The second-order valence-corrected chi connectivity index (χ2v) is 10.2. The van der Waals surface area contributed by atoms with Crippen LogP contribution in [0.25, 0.3) is 0 Å². The number of nitrogens with zero attached hydrogens (tertiary/aromatic N) is 4. The van der Waals surface area contributed by atoms with Gasteiger partial charge >= 0.3 is 0 Å². The Morgan fingerprint density at radius 3 is 2.70 bits per heavy atom. The number of amides is 2. The van der Waals surface area contributed by atoms with Gasteiger partial charge in [0, 0.05) is 55.1 Å². The van der Waals surface area contributed by atoms with E-state index in [9.17, 15) is 14.7 Å². The molecule has 8 nitrogen and oxygen atoms in total. The lowest BCUT2D eigenvalue weighted by molar-refractivity contribution is 0.0313. The Bertz CT molecular complexity index is 1150. The zero-order valence-electron chi connectivity index (χ0n) is 21.9. The average molecular weight is 505 g/mol. The minimum atomic E-state index is -0.414. The molecule has 1 aliphatic carbocycles. The fraction of sp³-hybridized carbons (Fsp3) is 0.517. The van der Waals surface area contributed by atoms with Crippen molar-refractivity contribution in [3.63, 3.8) is 0 Å². The van der Waals surface area contributed by atoms with E-state index in [2.05, 4.69) is 21.8 Å². The fourth-order valence-electron chi connectivity index (χ4n) is 4.89. The van der Waals surface area contributed by atoms with Gasteiger partial charge in [-0.1, -0.05) is 38.0 Å². The highest BCUT2D eigenvalue weighted by atomic mass is 16.5. The van der Waals surface area contributed by atoms with E-state index in [1.807, 2.05) is 13.8 Å². The van der Waals surface area contributed by atoms with Gasteiger partial charge in [-0.2, -0.15) is 0 Å². The maximum atomic E-state index is 13.6. The summed E-state index contributed by atoms with van der Waals surface area (Å²) in [6.45, 7) is 4.33. The maximum Gasteiger partial charge on any atom is 0.259 e. The minimum absolute atomic E-state index is 0.119. The second-order valence-electron chi connectivity index (χ2n) is 10.2. The topological polar surface area (TPSA) is 95.9 Å². The molecule has 0 bridgehead atoms. The summed E-state index contributed by atoms with van der Waals surface area (Å²) in [5.74, 6) is 6.69. The number of carbonyl (C=O) groups is 2. The number of likely N-dealkylation sites (N-methyl/N-ethyl adjacent to an activating group) is 1. The second kappa shape index (κ2) is 12.2. The molecule has 2 aromatic heterocycles. The third-order valence-corrected chi connectivity index (χ3v) is 7.27. The van der Waals surface area contributed by atoms with Gasteiger partial charge in [0.2, 0.25) is 5.88 Å². The predicted molar refractivity (Wildman–Crippen MR) is 140 cm³/mol. The lowest BCUT2D eigenvalue weighted by atomic mass is 9.90. The summed E-state index contributed by atoms with van der Waals surface area (Å²) in [4.78, 5) is 38.3. The van der Waals surface area contributed by atoms with Gasteiger partial charge in [-0.3, -0.25) is 14.6 Å². The van der Waals surface area contributed by atoms with Crippen LogP contribution in [0.5, 0.6) is 5.88 Å². The van der Waals surface area contributed by atoms with Gasteiger partial charge in [0.1, 0.15) is 11.7 Å². The molecule has 2 aliphatic rings. The van der Waals surface area contributed by atoms with Gasteiger partial charge in [-0.25, -0.2) is 4.98 Å². The smallest absolute Gasteiger partial charge is 0.259 e. The van der Waals surface area contributed by atoms with Crippen LogP contribution in [0, 0.1) is 23.7 Å². The molecule has 1 saturated carbocycles. The van der Waals surface area contributed by atoms with Gasteiger partial charge in [0.05, 0.1) is 19.2 Å². The van der Waals surface area contributed by atoms with Crippen molar-refractivity contribution in [2.75, 3.05) is 26.7 Å². The van der Waals surface area contributed by atoms with E-state index < -0.39 is 6.10 Å². The van der Waals surface area contributed by atoms with E-state index in [0.29, 0.717) is 35.7 Å². The van der Waals surface area contributed by atoms with E-state index in [-0.39, 0.29) is 36.3 Å². The van der Waals surface area contributed by atoms with Gasteiger partial charge in [0.25, 0.3) is 11.8 Å². The fourth-order valence-corrected chi connectivity index (χ4v) is 4.89. The van der Waals surface area contributed by atoms with Crippen LogP contribution in [0.4, 0.5) is 0 Å². The number of rotatable bonds is 5. The van der Waals surface area contributed by atoms with E-state index in [0.717, 1.165) is 12.8 Å². The lowest BCUT2D eigenvalue weighted by Gasteiger charge is -2.37.